The second kappa shape index (κ2) is 8.36. The number of aromatic nitrogens is 2. The van der Waals surface area contributed by atoms with Crippen LogP contribution >= 0.6 is 11.3 Å². The summed E-state index contributed by atoms with van der Waals surface area (Å²) in [4.78, 5) is 31.2. The molecule has 0 spiro atoms. The quantitative estimate of drug-likeness (QED) is 0.468. The van der Waals surface area contributed by atoms with Crippen LogP contribution in [0.2, 0.25) is 0 Å². The molecule has 5 rings (SSSR count). The number of amides is 1. The Morgan fingerprint density at radius 3 is 2.78 bits per heavy atom. The maximum absolute atomic E-state index is 13.3. The lowest BCUT2D eigenvalue weighted by Crippen LogP contribution is -2.28. The summed E-state index contributed by atoms with van der Waals surface area (Å²) in [6.07, 6.45) is 6.15. The third-order valence-corrected chi connectivity index (χ3v) is 7.30. The number of hydrogen-bond donors (Lipinski definition) is 1. The smallest absolute Gasteiger partial charge is 0.263 e. The van der Waals surface area contributed by atoms with Crippen LogP contribution in [0.25, 0.3) is 21.3 Å². The number of nitrogens with zero attached hydrogens (tertiary/aromatic N) is 2. The molecule has 0 bridgehead atoms. The molecule has 2 aromatic carbocycles. The maximum Gasteiger partial charge on any atom is 0.263 e. The Bertz CT molecular complexity index is 1400. The van der Waals surface area contributed by atoms with Gasteiger partial charge in [0.2, 0.25) is 5.91 Å². The van der Waals surface area contributed by atoms with Crippen LogP contribution in [0, 0.1) is 13.8 Å². The molecule has 1 aliphatic rings. The maximum atomic E-state index is 13.3. The van der Waals surface area contributed by atoms with Gasteiger partial charge >= 0.3 is 0 Å². The zero-order valence-electron chi connectivity index (χ0n) is 18.3. The lowest BCUT2D eigenvalue weighted by molar-refractivity contribution is -0.116. The molecular formula is C26H25N3O2S. The molecule has 0 saturated carbocycles. The molecule has 162 valence electrons. The van der Waals surface area contributed by atoms with Gasteiger partial charge in [-0.3, -0.25) is 14.2 Å². The van der Waals surface area contributed by atoms with Gasteiger partial charge in [0.1, 0.15) is 11.4 Å². The molecule has 4 aromatic rings. The van der Waals surface area contributed by atoms with Crippen molar-refractivity contribution in [2.45, 2.75) is 46.1 Å². The van der Waals surface area contributed by atoms with E-state index in [-0.39, 0.29) is 18.0 Å². The molecule has 0 atom stereocenters. The van der Waals surface area contributed by atoms with Crippen molar-refractivity contribution in [3.05, 3.63) is 80.7 Å². The summed E-state index contributed by atoms with van der Waals surface area (Å²) < 4.78 is 1.40. The molecule has 2 aromatic heterocycles. The van der Waals surface area contributed by atoms with E-state index < -0.39 is 0 Å². The highest BCUT2D eigenvalue weighted by molar-refractivity contribution is 7.17. The first-order chi connectivity index (χ1) is 15.5. The van der Waals surface area contributed by atoms with Gasteiger partial charge in [-0.25, -0.2) is 4.98 Å². The standard InChI is InChI=1S/C26H25N3O2S/c1-16-6-5-9-22(17(16)2)28-23(30)13-29-15-27-25-24(26(29)31)21(14-32-25)20-11-10-18-7-3-4-8-19(18)12-20/h5-6,9-12,14-15H,3-4,7-8,13H2,1-2H3,(H,28,30). The van der Waals surface area contributed by atoms with E-state index in [9.17, 15) is 9.59 Å². The first-order valence-corrected chi connectivity index (χ1v) is 11.8. The molecule has 1 amide bonds. The number of benzene rings is 2. The number of fused-ring (bicyclic) bond motifs is 2. The minimum absolute atomic E-state index is 0.0748. The van der Waals surface area contributed by atoms with Gasteiger partial charge in [-0.15, -0.1) is 11.3 Å². The molecule has 0 saturated heterocycles. The Balaban J connectivity index is 1.47. The van der Waals surface area contributed by atoms with Crippen molar-refractivity contribution >= 4 is 33.1 Å². The number of hydrogen-bond acceptors (Lipinski definition) is 4. The van der Waals surface area contributed by atoms with Crippen LogP contribution in [-0.2, 0) is 24.2 Å². The van der Waals surface area contributed by atoms with E-state index >= 15 is 0 Å². The average molecular weight is 444 g/mol. The fourth-order valence-electron chi connectivity index (χ4n) is 4.42. The van der Waals surface area contributed by atoms with Gasteiger partial charge in [0.05, 0.1) is 11.7 Å². The molecule has 5 nitrogen and oxygen atoms in total. The summed E-state index contributed by atoms with van der Waals surface area (Å²) in [5.74, 6) is -0.243. The summed E-state index contributed by atoms with van der Waals surface area (Å²) in [7, 11) is 0. The SMILES string of the molecule is Cc1cccc(NC(=O)Cn2cnc3scc(-c4ccc5c(c4)CCCC5)c3c2=O)c1C. The van der Waals surface area contributed by atoms with E-state index in [2.05, 4.69) is 28.5 Å². The molecular weight excluding hydrogens is 418 g/mol. The molecule has 2 heterocycles. The third kappa shape index (κ3) is 3.75. The highest BCUT2D eigenvalue weighted by Crippen LogP contribution is 2.33. The van der Waals surface area contributed by atoms with Crippen LogP contribution < -0.4 is 10.9 Å². The molecule has 0 fully saturated rings. The lowest BCUT2D eigenvalue weighted by Gasteiger charge is -2.16. The Hall–Kier alpha value is -3.25. The van der Waals surface area contributed by atoms with E-state index in [1.54, 1.807) is 0 Å². The molecule has 0 radical (unpaired) electrons. The van der Waals surface area contributed by atoms with Gasteiger partial charge in [0.25, 0.3) is 5.56 Å². The monoisotopic (exact) mass is 443 g/mol. The van der Waals surface area contributed by atoms with Crippen LogP contribution in [-0.4, -0.2) is 15.5 Å². The number of rotatable bonds is 4. The first kappa shape index (κ1) is 20.6. The normalized spacial score (nSPS) is 13.2. The highest BCUT2D eigenvalue weighted by atomic mass is 32.1. The average Bonchev–Trinajstić information content (AvgIpc) is 3.23. The Labute approximate surface area is 190 Å². The minimum Gasteiger partial charge on any atom is -0.324 e. The number of carbonyl (C=O) groups is 1. The van der Waals surface area contributed by atoms with Gasteiger partial charge in [-0.05, 0) is 73.4 Å². The van der Waals surface area contributed by atoms with Crippen LogP contribution in [0.3, 0.4) is 0 Å². The summed E-state index contributed by atoms with van der Waals surface area (Å²) in [6.45, 7) is 3.90. The van der Waals surface area contributed by atoms with Gasteiger partial charge < -0.3 is 5.32 Å². The summed E-state index contributed by atoms with van der Waals surface area (Å²) in [6, 6.07) is 12.3. The number of carbonyl (C=O) groups excluding carboxylic acids is 1. The van der Waals surface area contributed by atoms with E-state index in [0.717, 1.165) is 40.8 Å². The molecule has 32 heavy (non-hydrogen) atoms. The highest BCUT2D eigenvalue weighted by Gasteiger charge is 2.17. The topological polar surface area (TPSA) is 64.0 Å². The van der Waals surface area contributed by atoms with Crippen molar-refractivity contribution in [3.63, 3.8) is 0 Å². The fraction of sp³-hybridized carbons (Fsp3) is 0.269. The molecule has 6 heteroatoms. The van der Waals surface area contributed by atoms with E-state index in [0.29, 0.717) is 10.2 Å². The van der Waals surface area contributed by atoms with E-state index in [4.69, 9.17) is 0 Å². The van der Waals surface area contributed by atoms with Crippen molar-refractivity contribution < 1.29 is 4.79 Å². The lowest BCUT2D eigenvalue weighted by atomic mass is 9.89. The Kier molecular flexibility index (Phi) is 5.39. The fourth-order valence-corrected chi connectivity index (χ4v) is 5.33. The van der Waals surface area contributed by atoms with Crippen LogP contribution in [0.1, 0.15) is 35.1 Å². The van der Waals surface area contributed by atoms with Crippen LogP contribution in [0.4, 0.5) is 5.69 Å². The first-order valence-electron chi connectivity index (χ1n) is 11.0. The van der Waals surface area contributed by atoms with E-state index in [1.807, 2.05) is 37.4 Å². The second-order valence-corrected chi connectivity index (χ2v) is 9.35. The largest absolute Gasteiger partial charge is 0.324 e. The molecule has 1 aliphatic carbocycles. The van der Waals surface area contributed by atoms with Crippen molar-refractivity contribution in [2.75, 3.05) is 5.32 Å². The third-order valence-electron chi connectivity index (χ3n) is 6.41. The van der Waals surface area contributed by atoms with Crippen molar-refractivity contribution in [1.82, 2.24) is 9.55 Å². The Morgan fingerprint density at radius 2 is 1.94 bits per heavy atom. The summed E-state index contributed by atoms with van der Waals surface area (Å²) in [5.41, 5.74) is 7.46. The predicted octanol–water partition coefficient (Wildman–Crippen LogP) is 5.26. The Morgan fingerprint density at radius 1 is 1.12 bits per heavy atom. The van der Waals surface area contributed by atoms with Gasteiger partial charge in [-0.1, -0.05) is 30.3 Å². The molecule has 0 unspecified atom stereocenters. The predicted molar refractivity (Wildman–Crippen MR) is 131 cm³/mol. The molecule has 1 N–H and O–H groups in total. The van der Waals surface area contributed by atoms with Crippen LogP contribution in [0.15, 0.2) is 52.9 Å². The molecule has 0 aliphatic heterocycles. The number of thiophene rings is 1. The number of nitrogens with one attached hydrogen (secondary N) is 1. The van der Waals surface area contributed by atoms with E-state index in [1.165, 1.54) is 46.2 Å². The second-order valence-electron chi connectivity index (χ2n) is 8.49. The zero-order chi connectivity index (χ0) is 22.2. The number of anilines is 1. The minimum atomic E-state index is -0.243. The van der Waals surface area contributed by atoms with Gasteiger partial charge in [-0.2, -0.15) is 0 Å². The number of aryl methyl sites for hydroxylation is 3. The summed E-state index contributed by atoms with van der Waals surface area (Å²) in [5, 5.41) is 5.52. The van der Waals surface area contributed by atoms with Gasteiger partial charge in [0, 0.05) is 16.6 Å². The van der Waals surface area contributed by atoms with Crippen LogP contribution in [0.5, 0.6) is 0 Å². The van der Waals surface area contributed by atoms with Crippen molar-refractivity contribution in [3.8, 4) is 11.1 Å². The van der Waals surface area contributed by atoms with Crippen molar-refractivity contribution in [1.29, 1.82) is 0 Å². The van der Waals surface area contributed by atoms with Gasteiger partial charge in [0.15, 0.2) is 0 Å². The van der Waals surface area contributed by atoms with Crippen molar-refractivity contribution in [2.24, 2.45) is 0 Å². The summed E-state index contributed by atoms with van der Waals surface area (Å²) >= 11 is 1.47. The zero-order valence-corrected chi connectivity index (χ0v) is 19.1.